The van der Waals surface area contributed by atoms with Gasteiger partial charge in [0, 0.05) is 25.1 Å². The number of imidazole rings is 1. The molecule has 0 radical (unpaired) electrons. The SMILES string of the molecule is CCCCn1c(CCCCCNC(=O)c2ccc(F)cc2)nc2ccccc21. The van der Waals surface area contributed by atoms with Gasteiger partial charge in [-0.15, -0.1) is 0 Å². The van der Waals surface area contributed by atoms with E-state index in [1.54, 1.807) is 0 Å². The van der Waals surface area contributed by atoms with E-state index < -0.39 is 0 Å². The van der Waals surface area contributed by atoms with E-state index in [2.05, 4.69) is 35.0 Å². The number of nitrogens with zero attached hydrogens (tertiary/aromatic N) is 2. The number of hydrogen-bond acceptors (Lipinski definition) is 2. The molecule has 1 amide bonds. The number of para-hydroxylation sites is 2. The molecule has 0 saturated heterocycles. The standard InChI is InChI=1S/C23H28FN3O/c1-2-3-17-27-21-10-7-6-9-20(21)26-22(27)11-5-4-8-16-25-23(28)18-12-14-19(24)15-13-18/h6-7,9-10,12-15H,2-5,8,11,16-17H2,1H3,(H,25,28). The van der Waals surface area contributed by atoms with Crippen molar-refractivity contribution in [1.29, 1.82) is 0 Å². The molecule has 0 saturated carbocycles. The Balaban J connectivity index is 1.45. The summed E-state index contributed by atoms with van der Waals surface area (Å²) in [6, 6.07) is 13.9. The monoisotopic (exact) mass is 381 g/mol. The highest BCUT2D eigenvalue weighted by atomic mass is 19.1. The van der Waals surface area contributed by atoms with Crippen LogP contribution in [-0.2, 0) is 13.0 Å². The molecule has 0 aliphatic heterocycles. The molecule has 1 aromatic heterocycles. The number of benzene rings is 2. The fraction of sp³-hybridized carbons (Fsp3) is 0.391. The Morgan fingerprint density at radius 2 is 1.82 bits per heavy atom. The van der Waals surface area contributed by atoms with Gasteiger partial charge in [-0.3, -0.25) is 4.79 Å². The molecule has 0 fully saturated rings. The molecule has 5 heteroatoms. The maximum absolute atomic E-state index is 12.9. The molecule has 0 aliphatic rings. The molecule has 2 aromatic carbocycles. The van der Waals surface area contributed by atoms with E-state index in [1.807, 2.05) is 6.07 Å². The number of fused-ring (bicyclic) bond motifs is 1. The van der Waals surface area contributed by atoms with Crippen molar-refractivity contribution in [2.45, 2.75) is 52.0 Å². The molecule has 28 heavy (non-hydrogen) atoms. The summed E-state index contributed by atoms with van der Waals surface area (Å²) >= 11 is 0. The zero-order valence-electron chi connectivity index (χ0n) is 16.5. The van der Waals surface area contributed by atoms with E-state index in [1.165, 1.54) is 36.2 Å². The van der Waals surface area contributed by atoms with Crippen LogP contribution in [0.2, 0.25) is 0 Å². The quantitative estimate of drug-likeness (QED) is 0.496. The maximum atomic E-state index is 12.9. The van der Waals surface area contributed by atoms with Crippen molar-refractivity contribution in [2.24, 2.45) is 0 Å². The van der Waals surface area contributed by atoms with E-state index >= 15 is 0 Å². The van der Waals surface area contributed by atoms with Gasteiger partial charge >= 0.3 is 0 Å². The zero-order valence-corrected chi connectivity index (χ0v) is 16.5. The van der Waals surface area contributed by atoms with Gasteiger partial charge in [0.15, 0.2) is 0 Å². The minimum atomic E-state index is -0.332. The number of aryl methyl sites for hydroxylation is 2. The second-order valence-corrected chi connectivity index (χ2v) is 7.10. The summed E-state index contributed by atoms with van der Waals surface area (Å²) < 4.78 is 15.3. The van der Waals surface area contributed by atoms with Crippen LogP contribution in [0, 0.1) is 5.82 Å². The first-order valence-corrected chi connectivity index (χ1v) is 10.2. The van der Waals surface area contributed by atoms with Crippen molar-refractivity contribution in [1.82, 2.24) is 14.9 Å². The average Bonchev–Trinajstić information content (AvgIpc) is 3.06. The molecule has 0 spiro atoms. The third-order valence-electron chi connectivity index (χ3n) is 4.94. The van der Waals surface area contributed by atoms with Gasteiger partial charge in [-0.05, 0) is 55.7 Å². The fourth-order valence-corrected chi connectivity index (χ4v) is 3.37. The van der Waals surface area contributed by atoms with Crippen LogP contribution < -0.4 is 5.32 Å². The van der Waals surface area contributed by atoms with Gasteiger partial charge in [-0.1, -0.05) is 31.9 Å². The average molecular weight is 381 g/mol. The van der Waals surface area contributed by atoms with E-state index in [0.717, 1.165) is 50.0 Å². The summed E-state index contributed by atoms with van der Waals surface area (Å²) in [5.41, 5.74) is 2.78. The minimum absolute atomic E-state index is 0.152. The van der Waals surface area contributed by atoms with E-state index in [4.69, 9.17) is 4.98 Å². The second kappa shape index (κ2) is 10.0. The predicted octanol–water partition coefficient (Wildman–Crippen LogP) is 5.12. The second-order valence-electron chi connectivity index (χ2n) is 7.10. The highest BCUT2D eigenvalue weighted by Crippen LogP contribution is 2.18. The van der Waals surface area contributed by atoms with Crippen LogP contribution in [0.4, 0.5) is 4.39 Å². The molecular weight excluding hydrogens is 353 g/mol. The Kier molecular flexibility index (Phi) is 7.18. The summed E-state index contributed by atoms with van der Waals surface area (Å²) in [7, 11) is 0. The van der Waals surface area contributed by atoms with Crippen LogP contribution in [-0.4, -0.2) is 22.0 Å². The van der Waals surface area contributed by atoms with Gasteiger partial charge in [-0.2, -0.15) is 0 Å². The van der Waals surface area contributed by atoms with Crippen LogP contribution in [0.3, 0.4) is 0 Å². The zero-order chi connectivity index (χ0) is 19.8. The van der Waals surface area contributed by atoms with Gasteiger partial charge in [0.25, 0.3) is 5.91 Å². The predicted molar refractivity (Wildman–Crippen MR) is 111 cm³/mol. The van der Waals surface area contributed by atoms with Crippen molar-refractivity contribution in [2.75, 3.05) is 6.54 Å². The molecule has 3 aromatic rings. The van der Waals surface area contributed by atoms with Crippen LogP contribution in [0.5, 0.6) is 0 Å². The van der Waals surface area contributed by atoms with Gasteiger partial charge in [-0.25, -0.2) is 9.37 Å². The van der Waals surface area contributed by atoms with Crippen LogP contribution >= 0.6 is 0 Å². The first-order valence-electron chi connectivity index (χ1n) is 10.2. The van der Waals surface area contributed by atoms with Crippen molar-refractivity contribution in [3.63, 3.8) is 0 Å². The summed E-state index contributed by atoms with van der Waals surface area (Å²) in [6.07, 6.45) is 6.26. The van der Waals surface area contributed by atoms with Gasteiger partial charge < -0.3 is 9.88 Å². The lowest BCUT2D eigenvalue weighted by molar-refractivity contribution is 0.0953. The molecule has 1 heterocycles. The summed E-state index contributed by atoms with van der Waals surface area (Å²) in [5.74, 6) is 0.674. The largest absolute Gasteiger partial charge is 0.352 e. The molecule has 148 valence electrons. The van der Waals surface area contributed by atoms with Gasteiger partial charge in [0.2, 0.25) is 0 Å². The van der Waals surface area contributed by atoms with E-state index in [0.29, 0.717) is 12.1 Å². The van der Waals surface area contributed by atoms with E-state index in [9.17, 15) is 9.18 Å². The molecule has 0 bridgehead atoms. The lowest BCUT2D eigenvalue weighted by Crippen LogP contribution is -2.24. The summed E-state index contributed by atoms with van der Waals surface area (Å²) in [6.45, 7) is 3.85. The van der Waals surface area contributed by atoms with Crippen molar-refractivity contribution in [3.8, 4) is 0 Å². The summed E-state index contributed by atoms with van der Waals surface area (Å²) in [4.78, 5) is 16.8. The Morgan fingerprint density at radius 1 is 1.04 bits per heavy atom. The smallest absolute Gasteiger partial charge is 0.251 e. The number of hydrogen-bond donors (Lipinski definition) is 1. The normalized spacial score (nSPS) is 11.1. The first kappa shape index (κ1) is 20.1. The van der Waals surface area contributed by atoms with Crippen molar-refractivity contribution < 1.29 is 9.18 Å². The highest BCUT2D eigenvalue weighted by Gasteiger charge is 2.10. The van der Waals surface area contributed by atoms with Crippen LogP contribution in [0.25, 0.3) is 11.0 Å². The lowest BCUT2D eigenvalue weighted by atomic mass is 10.1. The number of halogens is 1. The molecule has 3 rings (SSSR count). The third kappa shape index (κ3) is 5.18. The Bertz CT molecular complexity index is 902. The van der Waals surface area contributed by atoms with Crippen LogP contribution in [0.15, 0.2) is 48.5 Å². The molecule has 1 N–H and O–H groups in total. The molecule has 0 unspecified atom stereocenters. The number of aromatic nitrogens is 2. The van der Waals surface area contributed by atoms with Gasteiger partial charge in [0.05, 0.1) is 11.0 Å². The number of unbranched alkanes of at least 4 members (excludes halogenated alkanes) is 3. The van der Waals surface area contributed by atoms with Crippen molar-refractivity contribution >= 4 is 16.9 Å². The third-order valence-corrected chi connectivity index (χ3v) is 4.94. The van der Waals surface area contributed by atoms with Gasteiger partial charge in [0.1, 0.15) is 11.6 Å². The molecule has 0 aliphatic carbocycles. The first-order chi connectivity index (χ1) is 13.7. The van der Waals surface area contributed by atoms with Crippen LogP contribution in [0.1, 0.15) is 55.2 Å². The number of carbonyl (C=O) groups excluding carboxylic acids is 1. The molecule has 0 atom stereocenters. The number of rotatable bonds is 10. The number of amides is 1. The van der Waals surface area contributed by atoms with Crippen molar-refractivity contribution in [3.05, 3.63) is 65.7 Å². The Hall–Kier alpha value is -2.69. The topological polar surface area (TPSA) is 46.9 Å². The molecular formula is C23H28FN3O. The fourth-order valence-electron chi connectivity index (χ4n) is 3.37. The summed E-state index contributed by atoms with van der Waals surface area (Å²) in [5, 5.41) is 2.90. The maximum Gasteiger partial charge on any atom is 0.251 e. The Labute approximate surface area is 165 Å². The highest BCUT2D eigenvalue weighted by molar-refractivity contribution is 5.94. The Morgan fingerprint density at radius 3 is 2.61 bits per heavy atom. The minimum Gasteiger partial charge on any atom is -0.352 e. The number of carbonyl (C=O) groups is 1. The number of nitrogens with one attached hydrogen (secondary N) is 1. The molecule has 4 nitrogen and oxygen atoms in total. The van der Waals surface area contributed by atoms with E-state index in [-0.39, 0.29) is 11.7 Å². The lowest BCUT2D eigenvalue weighted by Gasteiger charge is -2.09.